The Balaban J connectivity index is 1.70. The number of halogens is 1. The molecular formula is C18H12ClN5O. The number of carbonyl (C=O) groups excluding carboxylic acids is 1. The highest BCUT2D eigenvalue weighted by Crippen LogP contribution is 2.30. The first-order valence-electron chi connectivity index (χ1n) is 7.52. The van der Waals surface area contributed by atoms with Gasteiger partial charge in [-0.25, -0.2) is 4.98 Å². The number of rotatable bonds is 3. The van der Waals surface area contributed by atoms with Crippen LogP contribution in [0.2, 0.25) is 5.02 Å². The average Bonchev–Trinajstić information content (AvgIpc) is 3.18. The summed E-state index contributed by atoms with van der Waals surface area (Å²) in [5.41, 5.74) is 3.99. The molecule has 2 N–H and O–H groups in total. The fraction of sp³-hybridized carbons (Fsp3) is 0. The molecule has 25 heavy (non-hydrogen) atoms. The Labute approximate surface area is 147 Å². The highest BCUT2D eigenvalue weighted by atomic mass is 35.5. The van der Waals surface area contributed by atoms with Crippen molar-refractivity contribution >= 4 is 34.2 Å². The lowest BCUT2D eigenvalue weighted by atomic mass is 10.1. The van der Waals surface area contributed by atoms with E-state index in [4.69, 9.17) is 11.6 Å². The number of anilines is 1. The molecule has 0 aliphatic rings. The molecule has 0 radical (unpaired) electrons. The normalized spacial score (nSPS) is 10.8. The van der Waals surface area contributed by atoms with Gasteiger partial charge in [0, 0.05) is 17.4 Å². The highest BCUT2D eigenvalue weighted by molar-refractivity contribution is 6.33. The van der Waals surface area contributed by atoms with Crippen LogP contribution < -0.4 is 5.32 Å². The second-order valence-corrected chi connectivity index (χ2v) is 5.79. The van der Waals surface area contributed by atoms with Gasteiger partial charge in [0.1, 0.15) is 0 Å². The van der Waals surface area contributed by atoms with E-state index in [1.807, 2.05) is 24.3 Å². The molecule has 0 bridgehead atoms. The zero-order valence-electron chi connectivity index (χ0n) is 12.9. The Morgan fingerprint density at radius 3 is 2.72 bits per heavy atom. The molecule has 0 unspecified atom stereocenters. The third-order valence-corrected chi connectivity index (χ3v) is 4.04. The van der Waals surface area contributed by atoms with E-state index in [1.165, 1.54) is 12.4 Å². The third kappa shape index (κ3) is 3.07. The third-order valence-electron chi connectivity index (χ3n) is 3.71. The van der Waals surface area contributed by atoms with Crippen LogP contribution in [0.3, 0.4) is 0 Å². The number of fused-ring (bicyclic) bond motifs is 1. The summed E-state index contributed by atoms with van der Waals surface area (Å²) in [6.07, 6.45) is 4.66. The number of para-hydroxylation sites is 2. The molecular weight excluding hydrogens is 338 g/mol. The molecule has 4 aromatic rings. The molecule has 1 amide bonds. The number of aromatic amines is 1. The van der Waals surface area contributed by atoms with Gasteiger partial charge in [-0.05, 0) is 30.3 Å². The number of amides is 1. The van der Waals surface area contributed by atoms with Gasteiger partial charge in [-0.3, -0.25) is 14.9 Å². The van der Waals surface area contributed by atoms with Crippen molar-refractivity contribution in [2.45, 2.75) is 0 Å². The van der Waals surface area contributed by atoms with Crippen molar-refractivity contribution in [2.75, 3.05) is 5.32 Å². The second kappa shape index (κ2) is 6.33. The van der Waals surface area contributed by atoms with E-state index in [-0.39, 0.29) is 5.91 Å². The van der Waals surface area contributed by atoms with Crippen molar-refractivity contribution in [1.82, 2.24) is 20.2 Å². The minimum absolute atomic E-state index is 0.258. The number of nitrogens with zero attached hydrogens (tertiary/aromatic N) is 3. The van der Waals surface area contributed by atoms with Gasteiger partial charge in [0.15, 0.2) is 0 Å². The van der Waals surface area contributed by atoms with Crippen molar-refractivity contribution in [3.8, 4) is 11.3 Å². The van der Waals surface area contributed by atoms with Gasteiger partial charge in [0.05, 0.1) is 39.7 Å². The Kier molecular flexibility index (Phi) is 3.87. The lowest BCUT2D eigenvalue weighted by molar-refractivity contribution is 0.102. The first-order valence-corrected chi connectivity index (χ1v) is 7.90. The summed E-state index contributed by atoms with van der Waals surface area (Å²) < 4.78 is 0. The molecule has 2 aromatic carbocycles. The van der Waals surface area contributed by atoms with Crippen molar-refractivity contribution < 1.29 is 4.79 Å². The number of benzene rings is 2. The molecule has 0 spiro atoms. The number of nitrogens with one attached hydrogen (secondary N) is 2. The van der Waals surface area contributed by atoms with Crippen LogP contribution in [-0.4, -0.2) is 26.1 Å². The van der Waals surface area contributed by atoms with E-state index in [9.17, 15) is 4.79 Å². The molecule has 7 heteroatoms. The van der Waals surface area contributed by atoms with Crippen LogP contribution in [0.15, 0.2) is 61.1 Å². The topological polar surface area (TPSA) is 83.6 Å². The number of carbonyl (C=O) groups is 1. The highest BCUT2D eigenvalue weighted by Gasteiger charge is 2.11. The maximum Gasteiger partial charge on any atom is 0.258 e. The predicted molar refractivity (Wildman–Crippen MR) is 96.5 cm³/mol. The van der Waals surface area contributed by atoms with Crippen LogP contribution >= 0.6 is 11.6 Å². The summed E-state index contributed by atoms with van der Waals surface area (Å²) in [5, 5.41) is 9.72. The lowest BCUT2D eigenvalue weighted by Gasteiger charge is -2.09. The fourth-order valence-corrected chi connectivity index (χ4v) is 2.68. The summed E-state index contributed by atoms with van der Waals surface area (Å²) >= 11 is 6.32. The van der Waals surface area contributed by atoms with Crippen molar-refractivity contribution in [3.05, 3.63) is 71.6 Å². The van der Waals surface area contributed by atoms with Gasteiger partial charge >= 0.3 is 0 Å². The van der Waals surface area contributed by atoms with Gasteiger partial charge in [0.2, 0.25) is 0 Å². The molecule has 0 saturated heterocycles. The number of hydrogen-bond donors (Lipinski definition) is 2. The van der Waals surface area contributed by atoms with Crippen molar-refractivity contribution in [3.63, 3.8) is 0 Å². The molecule has 0 saturated carbocycles. The number of hydrogen-bond acceptors (Lipinski definition) is 4. The molecule has 4 rings (SSSR count). The van der Waals surface area contributed by atoms with Crippen LogP contribution in [0, 0.1) is 0 Å². The molecule has 6 nitrogen and oxygen atoms in total. The Morgan fingerprint density at radius 1 is 1.08 bits per heavy atom. The minimum atomic E-state index is -0.258. The van der Waals surface area contributed by atoms with E-state index in [2.05, 4.69) is 25.5 Å². The Bertz CT molecular complexity index is 1060. The Hall–Kier alpha value is -3.25. The van der Waals surface area contributed by atoms with Crippen LogP contribution in [-0.2, 0) is 0 Å². The van der Waals surface area contributed by atoms with Crippen LogP contribution in [0.1, 0.15) is 10.4 Å². The predicted octanol–water partition coefficient (Wildman–Crippen LogP) is 3.93. The summed E-state index contributed by atoms with van der Waals surface area (Å²) in [4.78, 5) is 21.2. The second-order valence-electron chi connectivity index (χ2n) is 5.38. The van der Waals surface area contributed by atoms with Gasteiger partial charge in [-0.15, -0.1) is 0 Å². The number of H-pyrrole nitrogens is 1. The first-order chi connectivity index (χ1) is 12.2. The summed E-state index contributed by atoms with van der Waals surface area (Å²) in [6.45, 7) is 0. The van der Waals surface area contributed by atoms with E-state index in [1.54, 1.807) is 24.4 Å². The minimum Gasteiger partial charge on any atom is -0.322 e. The van der Waals surface area contributed by atoms with Crippen molar-refractivity contribution in [1.29, 1.82) is 0 Å². The van der Waals surface area contributed by atoms with Crippen molar-refractivity contribution in [2.24, 2.45) is 0 Å². The van der Waals surface area contributed by atoms with E-state index in [0.29, 0.717) is 27.5 Å². The standard InChI is InChI=1S/C18H12ClN5O/c19-14-6-5-12(23-18(25)11-8-21-22-9-11)7-13(14)17-10-20-15-3-1-2-4-16(15)24-17/h1-10H,(H,21,22)(H,23,25). The van der Waals surface area contributed by atoms with Crippen LogP contribution in [0.4, 0.5) is 5.69 Å². The maximum absolute atomic E-state index is 12.2. The van der Waals surface area contributed by atoms with Gasteiger partial charge in [-0.2, -0.15) is 5.10 Å². The molecule has 0 fully saturated rings. The van der Waals surface area contributed by atoms with Gasteiger partial charge in [-0.1, -0.05) is 23.7 Å². The SMILES string of the molecule is O=C(Nc1ccc(Cl)c(-c2cnc3ccccc3n2)c1)c1cn[nH]c1. The Morgan fingerprint density at radius 2 is 1.92 bits per heavy atom. The zero-order chi connectivity index (χ0) is 17.2. The molecule has 0 aliphatic carbocycles. The van der Waals surface area contributed by atoms with Gasteiger partial charge in [0.25, 0.3) is 5.91 Å². The molecule has 0 atom stereocenters. The quantitative estimate of drug-likeness (QED) is 0.587. The monoisotopic (exact) mass is 349 g/mol. The average molecular weight is 350 g/mol. The largest absolute Gasteiger partial charge is 0.322 e. The molecule has 2 aromatic heterocycles. The lowest BCUT2D eigenvalue weighted by Crippen LogP contribution is -2.11. The van der Waals surface area contributed by atoms with E-state index < -0.39 is 0 Å². The maximum atomic E-state index is 12.2. The molecule has 0 aliphatic heterocycles. The summed E-state index contributed by atoms with van der Waals surface area (Å²) in [6, 6.07) is 12.8. The summed E-state index contributed by atoms with van der Waals surface area (Å²) in [7, 11) is 0. The van der Waals surface area contributed by atoms with Gasteiger partial charge < -0.3 is 5.32 Å². The molecule has 122 valence electrons. The molecule has 2 heterocycles. The van der Waals surface area contributed by atoms with Crippen LogP contribution in [0.5, 0.6) is 0 Å². The number of aromatic nitrogens is 4. The summed E-state index contributed by atoms with van der Waals surface area (Å²) in [5.74, 6) is -0.258. The van der Waals surface area contributed by atoms with E-state index >= 15 is 0 Å². The zero-order valence-corrected chi connectivity index (χ0v) is 13.7. The fourth-order valence-electron chi connectivity index (χ4n) is 2.46. The first kappa shape index (κ1) is 15.3. The smallest absolute Gasteiger partial charge is 0.258 e. The van der Waals surface area contributed by atoms with Crippen LogP contribution in [0.25, 0.3) is 22.3 Å². The van der Waals surface area contributed by atoms with E-state index in [0.717, 1.165) is 11.0 Å².